The molecule has 3 rings (SSSR count). The van der Waals surface area contributed by atoms with Crippen molar-refractivity contribution in [1.82, 2.24) is 10.6 Å². The van der Waals surface area contributed by atoms with E-state index in [1.807, 2.05) is 0 Å². The van der Waals surface area contributed by atoms with Crippen LogP contribution in [-0.2, 0) is 10.5 Å². The normalized spacial score (nSPS) is 25.4. The molecule has 1 saturated heterocycles. The van der Waals surface area contributed by atoms with Crippen molar-refractivity contribution >= 4 is 27.7 Å². The Morgan fingerprint density at radius 3 is 2.37 bits per heavy atom. The first-order valence-electron chi connectivity index (χ1n) is 7.86. The molecule has 2 aromatic carbocycles. The number of hydrogen-bond acceptors (Lipinski definition) is 3. The highest BCUT2D eigenvalue weighted by Gasteiger charge is 2.59. The minimum Gasteiger partial charge on any atom is -0.366 e. The molecule has 1 aliphatic heterocycles. The van der Waals surface area contributed by atoms with Crippen molar-refractivity contribution in [3.63, 3.8) is 0 Å². The van der Waals surface area contributed by atoms with Crippen LogP contribution >= 0.6 is 15.9 Å². The fraction of sp³-hybridized carbons (Fsp3) is 0.222. The summed E-state index contributed by atoms with van der Waals surface area (Å²) in [7, 11) is 0. The van der Waals surface area contributed by atoms with Crippen molar-refractivity contribution in [2.45, 2.75) is 17.9 Å². The van der Waals surface area contributed by atoms with Gasteiger partial charge in [0.15, 0.2) is 5.72 Å². The van der Waals surface area contributed by atoms with Gasteiger partial charge in [0.2, 0.25) is 5.78 Å². The zero-order valence-electron chi connectivity index (χ0n) is 13.6. The number of benzene rings is 2. The fourth-order valence-corrected chi connectivity index (χ4v) is 3.61. The van der Waals surface area contributed by atoms with E-state index in [1.54, 1.807) is 18.2 Å². The number of rotatable bonds is 3. The van der Waals surface area contributed by atoms with E-state index in [1.165, 1.54) is 36.4 Å². The number of aliphatic hydroxyl groups is 1. The fourth-order valence-electron chi connectivity index (χ4n) is 3.19. The van der Waals surface area contributed by atoms with Crippen molar-refractivity contribution in [2.75, 3.05) is 0 Å². The van der Waals surface area contributed by atoms with E-state index in [9.17, 15) is 27.9 Å². The van der Waals surface area contributed by atoms with Gasteiger partial charge in [0.25, 0.3) is 0 Å². The first kappa shape index (κ1) is 19.4. The lowest BCUT2D eigenvalue weighted by molar-refractivity contribution is -0.190. The number of carbonyl (C=O) groups excluding carboxylic acids is 2. The van der Waals surface area contributed by atoms with Gasteiger partial charge in [-0.15, -0.1) is 0 Å². The lowest BCUT2D eigenvalue weighted by Crippen LogP contribution is -2.66. The van der Waals surface area contributed by atoms with E-state index in [0.29, 0.717) is 4.47 Å². The first-order valence-corrected chi connectivity index (χ1v) is 8.65. The summed E-state index contributed by atoms with van der Waals surface area (Å²) >= 11 is 3.22. The average Bonchev–Trinajstić information content (AvgIpc) is 2.60. The monoisotopic (exact) mass is 442 g/mol. The maximum Gasteiger partial charge on any atom is 0.450 e. The molecule has 0 bridgehead atoms. The van der Waals surface area contributed by atoms with Crippen LogP contribution < -0.4 is 10.6 Å². The van der Waals surface area contributed by atoms with E-state index in [4.69, 9.17) is 0 Å². The average molecular weight is 443 g/mol. The number of hydrogen-bond donors (Lipinski definition) is 3. The van der Waals surface area contributed by atoms with Crippen molar-refractivity contribution in [1.29, 1.82) is 0 Å². The third-order valence-electron chi connectivity index (χ3n) is 4.36. The van der Waals surface area contributed by atoms with E-state index in [2.05, 4.69) is 26.6 Å². The van der Waals surface area contributed by atoms with E-state index >= 15 is 0 Å². The molecule has 1 aliphatic rings. The van der Waals surface area contributed by atoms with E-state index < -0.39 is 35.7 Å². The first-order chi connectivity index (χ1) is 12.6. The highest BCUT2D eigenvalue weighted by Crippen LogP contribution is 2.43. The predicted molar refractivity (Wildman–Crippen MR) is 93.4 cm³/mol. The summed E-state index contributed by atoms with van der Waals surface area (Å²) in [4.78, 5) is 24.4. The van der Waals surface area contributed by atoms with Crippen LogP contribution in [0.2, 0.25) is 0 Å². The lowest BCUT2D eigenvalue weighted by Gasteiger charge is -2.45. The molecule has 0 aliphatic carbocycles. The quantitative estimate of drug-likeness (QED) is 0.681. The second-order valence-electron chi connectivity index (χ2n) is 6.10. The molecule has 0 saturated carbocycles. The van der Waals surface area contributed by atoms with Gasteiger partial charge in [-0.25, -0.2) is 4.79 Å². The van der Waals surface area contributed by atoms with Gasteiger partial charge >= 0.3 is 12.2 Å². The minimum absolute atomic E-state index is 0.0255. The van der Waals surface area contributed by atoms with Crippen LogP contribution in [0.15, 0.2) is 59.1 Å². The topological polar surface area (TPSA) is 78.4 Å². The molecular formula is C18H14BrF3N2O3. The number of nitrogens with one attached hydrogen (secondary N) is 2. The maximum atomic E-state index is 13.3. The molecule has 3 N–H and O–H groups in total. The summed E-state index contributed by atoms with van der Waals surface area (Å²) in [6.45, 7) is 0. The summed E-state index contributed by atoms with van der Waals surface area (Å²) in [6, 6.07) is 11.2. The van der Waals surface area contributed by atoms with E-state index in [-0.39, 0.29) is 11.1 Å². The SMILES string of the molecule is O=C1NC(c2cccc(Br)c2)C(C(=O)C(F)(F)F)C(O)(c2ccccc2)N1. The molecule has 0 radical (unpaired) electrons. The van der Waals surface area contributed by atoms with Gasteiger partial charge < -0.3 is 15.7 Å². The molecule has 0 aromatic heterocycles. The highest BCUT2D eigenvalue weighted by molar-refractivity contribution is 9.10. The smallest absolute Gasteiger partial charge is 0.366 e. The van der Waals surface area contributed by atoms with Gasteiger partial charge in [0, 0.05) is 10.0 Å². The molecule has 142 valence electrons. The highest BCUT2D eigenvalue weighted by atomic mass is 79.9. The summed E-state index contributed by atoms with van der Waals surface area (Å²) in [5, 5.41) is 15.5. The Kier molecular flexibility index (Phi) is 5.00. The van der Waals surface area contributed by atoms with Gasteiger partial charge in [-0.05, 0) is 17.7 Å². The number of Topliss-reactive ketones (excluding diaryl/α,β-unsaturated/α-hetero) is 1. The molecular weight excluding hydrogens is 429 g/mol. The van der Waals surface area contributed by atoms with Crippen molar-refractivity contribution < 1.29 is 27.9 Å². The second kappa shape index (κ2) is 6.97. The van der Waals surface area contributed by atoms with Crippen molar-refractivity contribution in [2.24, 2.45) is 5.92 Å². The summed E-state index contributed by atoms with van der Waals surface area (Å²) < 4.78 is 40.6. The van der Waals surface area contributed by atoms with E-state index in [0.717, 1.165) is 0 Å². The summed E-state index contributed by atoms with van der Waals surface area (Å²) in [5.74, 6) is -4.18. The number of urea groups is 1. The molecule has 9 heteroatoms. The molecule has 1 fully saturated rings. The molecule has 3 unspecified atom stereocenters. The zero-order chi connectivity index (χ0) is 19.8. The van der Waals surface area contributed by atoms with Crippen LogP contribution in [0, 0.1) is 5.92 Å². The van der Waals surface area contributed by atoms with Crippen LogP contribution in [0.4, 0.5) is 18.0 Å². The van der Waals surface area contributed by atoms with Crippen LogP contribution in [0.5, 0.6) is 0 Å². The Morgan fingerprint density at radius 2 is 1.78 bits per heavy atom. The molecule has 27 heavy (non-hydrogen) atoms. The summed E-state index contributed by atoms with van der Waals surface area (Å²) in [6.07, 6.45) is -5.21. The Labute approximate surface area is 160 Å². The molecule has 1 heterocycles. The molecule has 2 aromatic rings. The maximum absolute atomic E-state index is 13.3. The Balaban J connectivity index is 2.19. The largest absolute Gasteiger partial charge is 0.450 e. The van der Waals surface area contributed by atoms with Crippen LogP contribution in [0.25, 0.3) is 0 Å². The Hall–Kier alpha value is -2.39. The van der Waals surface area contributed by atoms with Crippen LogP contribution in [0.1, 0.15) is 17.2 Å². The number of alkyl halides is 3. The number of carbonyl (C=O) groups is 2. The van der Waals surface area contributed by atoms with Crippen molar-refractivity contribution in [3.05, 3.63) is 70.2 Å². The summed E-state index contributed by atoms with van der Waals surface area (Å²) in [5.41, 5.74) is -2.32. The third-order valence-corrected chi connectivity index (χ3v) is 4.85. The molecule has 2 amide bonds. The van der Waals surface area contributed by atoms with Crippen molar-refractivity contribution in [3.8, 4) is 0 Å². The zero-order valence-corrected chi connectivity index (χ0v) is 15.2. The van der Waals surface area contributed by atoms with Gasteiger partial charge in [0.05, 0.1) is 6.04 Å². The molecule has 5 nitrogen and oxygen atoms in total. The lowest BCUT2D eigenvalue weighted by atomic mass is 9.76. The van der Waals surface area contributed by atoms with Gasteiger partial charge in [0.1, 0.15) is 5.92 Å². The molecule has 0 spiro atoms. The van der Waals surface area contributed by atoms with Gasteiger partial charge in [-0.2, -0.15) is 13.2 Å². The third kappa shape index (κ3) is 3.70. The van der Waals surface area contributed by atoms with Crippen LogP contribution in [-0.4, -0.2) is 23.1 Å². The number of amides is 2. The number of ketones is 1. The second-order valence-corrected chi connectivity index (χ2v) is 7.02. The van der Waals surface area contributed by atoms with Gasteiger partial charge in [-0.3, -0.25) is 4.79 Å². The standard InChI is InChI=1S/C18H14BrF3N2O3/c19-12-8-4-5-10(9-12)14-13(15(25)18(20,21)22)17(27,24-16(26)23-14)11-6-2-1-3-7-11/h1-9,13-14,27H,(H2,23,24,26). The number of halogens is 4. The Bertz CT molecular complexity index is 876. The predicted octanol–water partition coefficient (Wildman–Crippen LogP) is 3.40. The minimum atomic E-state index is -5.21. The van der Waals surface area contributed by atoms with Gasteiger partial charge in [-0.1, -0.05) is 58.4 Å². The van der Waals surface area contributed by atoms with Crippen LogP contribution in [0.3, 0.4) is 0 Å². The Morgan fingerprint density at radius 1 is 1.11 bits per heavy atom. The molecule has 3 atom stereocenters.